The Balaban J connectivity index is 2.31. The van der Waals surface area contributed by atoms with Gasteiger partial charge in [0, 0.05) is 28.6 Å². The standard InChI is InChI=1S/C14H22BrClN2/c1-10(2)7-17-8-11(3)18-9-12-4-13(15)6-14(16)5-12/h4-6,10-11,17-18H,7-9H2,1-3H3. The van der Waals surface area contributed by atoms with Crippen molar-refractivity contribution in [3.8, 4) is 0 Å². The van der Waals surface area contributed by atoms with Crippen LogP contribution in [0.4, 0.5) is 0 Å². The highest BCUT2D eigenvalue weighted by Gasteiger charge is 2.03. The average Bonchev–Trinajstić information content (AvgIpc) is 2.24. The van der Waals surface area contributed by atoms with E-state index in [0.717, 1.165) is 29.1 Å². The highest BCUT2D eigenvalue weighted by Crippen LogP contribution is 2.19. The summed E-state index contributed by atoms with van der Waals surface area (Å²) in [5.74, 6) is 0.695. The predicted octanol–water partition coefficient (Wildman–Crippen LogP) is 3.83. The van der Waals surface area contributed by atoms with Gasteiger partial charge in [-0.15, -0.1) is 0 Å². The van der Waals surface area contributed by atoms with Crippen LogP contribution in [0.25, 0.3) is 0 Å². The molecule has 0 saturated carbocycles. The van der Waals surface area contributed by atoms with Crippen molar-refractivity contribution in [2.45, 2.75) is 33.4 Å². The molecule has 0 aliphatic carbocycles. The van der Waals surface area contributed by atoms with Crippen molar-refractivity contribution in [2.24, 2.45) is 5.92 Å². The van der Waals surface area contributed by atoms with Crippen molar-refractivity contribution in [1.82, 2.24) is 10.6 Å². The molecule has 0 spiro atoms. The minimum Gasteiger partial charge on any atom is -0.315 e. The van der Waals surface area contributed by atoms with Gasteiger partial charge < -0.3 is 10.6 Å². The van der Waals surface area contributed by atoms with Gasteiger partial charge in [-0.2, -0.15) is 0 Å². The number of benzene rings is 1. The van der Waals surface area contributed by atoms with Gasteiger partial charge in [0.1, 0.15) is 0 Å². The summed E-state index contributed by atoms with van der Waals surface area (Å²) in [6, 6.07) is 6.43. The molecule has 0 aliphatic heterocycles. The highest BCUT2D eigenvalue weighted by molar-refractivity contribution is 9.10. The zero-order valence-electron chi connectivity index (χ0n) is 11.3. The van der Waals surface area contributed by atoms with E-state index in [1.165, 1.54) is 5.56 Å². The Labute approximate surface area is 124 Å². The fourth-order valence-corrected chi connectivity index (χ4v) is 2.60. The largest absolute Gasteiger partial charge is 0.315 e. The Kier molecular flexibility index (Phi) is 7.23. The Morgan fingerprint density at radius 1 is 1.17 bits per heavy atom. The van der Waals surface area contributed by atoms with Crippen LogP contribution in [0.1, 0.15) is 26.3 Å². The van der Waals surface area contributed by atoms with E-state index < -0.39 is 0 Å². The topological polar surface area (TPSA) is 24.1 Å². The van der Waals surface area contributed by atoms with Crippen molar-refractivity contribution < 1.29 is 0 Å². The van der Waals surface area contributed by atoms with Crippen LogP contribution < -0.4 is 10.6 Å². The molecule has 2 N–H and O–H groups in total. The maximum Gasteiger partial charge on any atom is 0.0420 e. The SMILES string of the molecule is CC(C)CNCC(C)NCc1cc(Cl)cc(Br)c1. The summed E-state index contributed by atoms with van der Waals surface area (Å²) in [5.41, 5.74) is 1.20. The lowest BCUT2D eigenvalue weighted by molar-refractivity contribution is 0.472. The molecule has 0 saturated heterocycles. The molecule has 4 heteroatoms. The molecule has 1 atom stereocenters. The van der Waals surface area contributed by atoms with Gasteiger partial charge in [0.15, 0.2) is 0 Å². The number of halogens is 2. The summed E-state index contributed by atoms with van der Waals surface area (Å²) in [5, 5.41) is 7.70. The summed E-state index contributed by atoms with van der Waals surface area (Å²) >= 11 is 9.47. The van der Waals surface area contributed by atoms with Crippen molar-refractivity contribution in [2.75, 3.05) is 13.1 Å². The second-order valence-corrected chi connectivity index (χ2v) is 6.46. The van der Waals surface area contributed by atoms with Crippen molar-refractivity contribution in [3.63, 3.8) is 0 Å². The molecule has 1 aromatic rings. The molecule has 1 rings (SSSR count). The molecular weight excluding hydrogens is 312 g/mol. The van der Waals surface area contributed by atoms with Gasteiger partial charge in [-0.3, -0.25) is 0 Å². The molecule has 0 aromatic heterocycles. The monoisotopic (exact) mass is 332 g/mol. The van der Waals surface area contributed by atoms with Crippen LogP contribution in [0.2, 0.25) is 5.02 Å². The zero-order chi connectivity index (χ0) is 13.5. The molecule has 102 valence electrons. The van der Waals surface area contributed by atoms with E-state index in [2.05, 4.69) is 53.4 Å². The lowest BCUT2D eigenvalue weighted by atomic mass is 10.2. The molecule has 0 bridgehead atoms. The second-order valence-electron chi connectivity index (χ2n) is 5.11. The molecule has 2 nitrogen and oxygen atoms in total. The summed E-state index contributed by atoms with van der Waals surface area (Å²) in [4.78, 5) is 0. The zero-order valence-corrected chi connectivity index (χ0v) is 13.6. The predicted molar refractivity (Wildman–Crippen MR) is 83.2 cm³/mol. The Bertz CT molecular complexity index is 349. The molecule has 1 aromatic carbocycles. The van der Waals surface area contributed by atoms with E-state index in [-0.39, 0.29) is 0 Å². The minimum absolute atomic E-state index is 0.446. The van der Waals surface area contributed by atoms with Gasteiger partial charge >= 0.3 is 0 Å². The van der Waals surface area contributed by atoms with Crippen molar-refractivity contribution >= 4 is 27.5 Å². The first-order valence-corrected chi connectivity index (χ1v) is 7.53. The first kappa shape index (κ1) is 16.0. The highest BCUT2D eigenvalue weighted by atomic mass is 79.9. The molecule has 0 aliphatic rings. The fraction of sp³-hybridized carbons (Fsp3) is 0.571. The molecular formula is C14H22BrClN2. The van der Waals surface area contributed by atoms with E-state index in [1.807, 2.05) is 12.1 Å². The summed E-state index contributed by atoms with van der Waals surface area (Å²) in [7, 11) is 0. The van der Waals surface area contributed by atoms with E-state index in [1.54, 1.807) is 0 Å². The van der Waals surface area contributed by atoms with Crippen LogP contribution in [-0.4, -0.2) is 19.1 Å². The number of nitrogens with one attached hydrogen (secondary N) is 2. The van der Waals surface area contributed by atoms with E-state index in [4.69, 9.17) is 11.6 Å². The molecule has 0 amide bonds. The minimum atomic E-state index is 0.446. The van der Waals surface area contributed by atoms with E-state index in [0.29, 0.717) is 12.0 Å². The van der Waals surface area contributed by atoms with Crippen LogP contribution >= 0.6 is 27.5 Å². The van der Waals surface area contributed by atoms with Gasteiger partial charge in [0.2, 0.25) is 0 Å². The third kappa shape index (κ3) is 6.74. The second kappa shape index (κ2) is 8.16. The first-order valence-electron chi connectivity index (χ1n) is 6.36. The Morgan fingerprint density at radius 2 is 1.89 bits per heavy atom. The Morgan fingerprint density at radius 3 is 2.50 bits per heavy atom. The van der Waals surface area contributed by atoms with Crippen LogP contribution in [-0.2, 0) is 6.54 Å². The summed E-state index contributed by atoms with van der Waals surface area (Å²) < 4.78 is 1.03. The molecule has 1 unspecified atom stereocenters. The fourth-order valence-electron chi connectivity index (χ4n) is 1.67. The van der Waals surface area contributed by atoms with Crippen molar-refractivity contribution in [1.29, 1.82) is 0 Å². The third-order valence-electron chi connectivity index (χ3n) is 2.58. The van der Waals surface area contributed by atoms with Crippen molar-refractivity contribution in [3.05, 3.63) is 33.3 Å². The van der Waals surface area contributed by atoms with Gasteiger partial charge in [-0.05, 0) is 43.1 Å². The van der Waals surface area contributed by atoms with Gasteiger partial charge in [0.05, 0.1) is 0 Å². The number of hydrogen-bond acceptors (Lipinski definition) is 2. The average molecular weight is 334 g/mol. The molecule has 0 heterocycles. The molecule has 18 heavy (non-hydrogen) atoms. The van der Waals surface area contributed by atoms with Gasteiger partial charge in [-0.1, -0.05) is 41.4 Å². The van der Waals surface area contributed by atoms with Crippen LogP contribution in [0.15, 0.2) is 22.7 Å². The van der Waals surface area contributed by atoms with Crippen LogP contribution in [0.5, 0.6) is 0 Å². The maximum absolute atomic E-state index is 6.01. The van der Waals surface area contributed by atoms with Gasteiger partial charge in [-0.25, -0.2) is 0 Å². The number of hydrogen-bond donors (Lipinski definition) is 2. The quantitative estimate of drug-likeness (QED) is 0.792. The van der Waals surface area contributed by atoms with Crippen LogP contribution in [0.3, 0.4) is 0 Å². The molecule has 0 radical (unpaired) electrons. The maximum atomic E-state index is 6.01. The number of rotatable bonds is 7. The normalized spacial score (nSPS) is 13.0. The van der Waals surface area contributed by atoms with E-state index in [9.17, 15) is 0 Å². The Hall–Kier alpha value is -0.0900. The first-order chi connectivity index (χ1) is 8.47. The smallest absolute Gasteiger partial charge is 0.0420 e. The lowest BCUT2D eigenvalue weighted by Gasteiger charge is -2.16. The third-order valence-corrected chi connectivity index (χ3v) is 3.26. The lowest BCUT2D eigenvalue weighted by Crippen LogP contribution is -2.37. The molecule has 0 fully saturated rings. The summed E-state index contributed by atoms with van der Waals surface area (Å²) in [6.45, 7) is 9.51. The van der Waals surface area contributed by atoms with Gasteiger partial charge in [0.25, 0.3) is 0 Å². The van der Waals surface area contributed by atoms with E-state index >= 15 is 0 Å². The van der Waals surface area contributed by atoms with Crippen LogP contribution in [0, 0.1) is 5.92 Å². The summed E-state index contributed by atoms with van der Waals surface area (Å²) in [6.07, 6.45) is 0.